The summed E-state index contributed by atoms with van der Waals surface area (Å²) in [6, 6.07) is 6.56. The molecule has 0 bridgehead atoms. The Kier molecular flexibility index (Phi) is 4.27. The lowest BCUT2D eigenvalue weighted by Gasteiger charge is -2.22. The number of aromatic nitrogens is 2. The van der Waals surface area contributed by atoms with Crippen molar-refractivity contribution in [3.63, 3.8) is 0 Å². The van der Waals surface area contributed by atoms with Crippen molar-refractivity contribution in [3.05, 3.63) is 53.6 Å². The van der Waals surface area contributed by atoms with Crippen LogP contribution in [0.15, 0.2) is 36.7 Å². The molecule has 0 aliphatic carbocycles. The molecule has 2 aromatic rings. The minimum atomic E-state index is -0.207. The smallest absolute Gasteiger partial charge is 0.123 e. The molecule has 1 unspecified atom stereocenters. The van der Waals surface area contributed by atoms with E-state index in [0.29, 0.717) is 6.54 Å². The number of nitrogens with zero attached hydrogens (tertiary/aromatic N) is 3. The standard InChI is InChI=1S/C17H23FN4/c1-17(12-19)6-7-21(13-17)9-15-8-20-22(11-15)10-14-2-4-16(18)5-3-14/h2-5,8,11H,6-7,9-10,12-13,19H2,1H3. The van der Waals surface area contributed by atoms with Crippen molar-refractivity contribution in [1.82, 2.24) is 14.7 Å². The fraction of sp³-hybridized carbons (Fsp3) is 0.471. The molecule has 4 nitrogen and oxygen atoms in total. The van der Waals surface area contributed by atoms with Crippen LogP contribution in [0.2, 0.25) is 0 Å². The maximum atomic E-state index is 12.9. The van der Waals surface area contributed by atoms with Crippen molar-refractivity contribution in [2.24, 2.45) is 11.1 Å². The molecule has 1 atom stereocenters. The van der Waals surface area contributed by atoms with Gasteiger partial charge in [-0.3, -0.25) is 9.58 Å². The first kappa shape index (κ1) is 15.2. The number of likely N-dealkylation sites (tertiary alicyclic amines) is 1. The Labute approximate surface area is 130 Å². The van der Waals surface area contributed by atoms with Crippen LogP contribution in [0.1, 0.15) is 24.5 Å². The Morgan fingerprint density at radius 3 is 2.68 bits per heavy atom. The first-order valence-corrected chi connectivity index (χ1v) is 7.75. The molecular formula is C17H23FN4. The summed E-state index contributed by atoms with van der Waals surface area (Å²) in [7, 11) is 0. The molecule has 0 radical (unpaired) electrons. The van der Waals surface area contributed by atoms with Crippen molar-refractivity contribution in [3.8, 4) is 0 Å². The molecule has 3 rings (SSSR count). The highest BCUT2D eigenvalue weighted by molar-refractivity contribution is 5.17. The first-order valence-electron chi connectivity index (χ1n) is 7.75. The Balaban J connectivity index is 1.59. The van der Waals surface area contributed by atoms with E-state index < -0.39 is 0 Å². The zero-order valence-corrected chi connectivity index (χ0v) is 13.0. The van der Waals surface area contributed by atoms with Gasteiger partial charge in [-0.1, -0.05) is 19.1 Å². The minimum absolute atomic E-state index is 0.207. The fourth-order valence-corrected chi connectivity index (χ4v) is 3.04. The number of hydrogen-bond acceptors (Lipinski definition) is 3. The van der Waals surface area contributed by atoms with E-state index in [1.807, 2.05) is 10.9 Å². The van der Waals surface area contributed by atoms with E-state index in [0.717, 1.165) is 38.2 Å². The van der Waals surface area contributed by atoms with Gasteiger partial charge in [0.05, 0.1) is 12.7 Å². The highest BCUT2D eigenvalue weighted by Gasteiger charge is 2.32. The molecule has 1 aromatic heterocycles. The number of nitrogens with two attached hydrogens (primary N) is 1. The molecule has 118 valence electrons. The third kappa shape index (κ3) is 3.54. The Morgan fingerprint density at radius 2 is 2.00 bits per heavy atom. The van der Waals surface area contributed by atoms with E-state index in [4.69, 9.17) is 5.73 Å². The van der Waals surface area contributed by atoms with E-state index in [2.05, 4.69) is 23.1 Å². The van der Waals surface area contributed by atoms with Crippen LogP contribution in [0.5, 0.6) is 0 Å². The van der Waals surface area contributed by atoms with E-state index in [1.54, 1.807) is 12.1 Å². The molecule has 5 heteroatoms. The van der Waals surface area contributed by atoms with Crippen molar-refractivity contribution in [1.29, 1.82) is 0 Å². The maximum absolute atomic E-state index is 12.9. The zero-order valence-electron chi connectivity index (χ0n) is 13.0. The molecule has 2 N–H and O–H groups in total. The number of hydrogen-bond donors (Lipinski definition) is 1. The summed E-state index contributed by atoms with van der Waals surface area (Å²) in [6.07, 6.45) is 5.15. The fourth-order valence-electron chi connectivity index (χ4n) is 3.04. The highest BCUT2D eigenvalue weighted by Crippen LogP contribution is 2.29. The van der Waals surface area contributed by atoms with Crippen LogP contribution >= 0.6 is 0 Å². The third-order valence-corrected chi connectivity index (χ3v) is 4.48. The zero-order chi connectivity index (χ0) is 15.6. The van der Waals surface area contributed by atoms with Crippen LogP contribution in [-0.4, -0.2) is 34.3 Å². The molecule has 0 saturated carbocycles. The van der Waals surface area contributed by atoms with Gasteiger partial charge >= 0.3 is 0 Å². The summed E-state index contributed by atoms with van der Waals surface area (Å²) in [5.74, 6) is -0.207. The van der Waals surface area contributed by atoms with Crippen molar-refractivity contribution >= 4 is 0 Å². The van der Waals surface area contributed by atoms with Gasteiger partial charge in [-0.2, -0.15) is 5.10 Å². The SMILES string of the molecule is CC1(CN)CCN(Cc2cnn(Cc3ccc(F)cc3)c2)C1. The van der Waals surface area contributed by atoms with E-state index in [1.165, 1.54) is 17.7 Å². The molecule has 0 amide bonds. The average Bonchev–Trinajstić information content (AvgIpc) is 3.10. The van der Waals surface area contributed by atoms with Gasteiger partial charge in [0.25, 0.3) is 0 Å². The number of rotatable bonds is 5. The summed E-state index contributed by atoms with van der Waals surface area (Å²) in [5, 5.41) is 4.40. The van der Waals surface area contributed by atoms with Gasteiger partial charge in [-0.15, -0.1) is 0 Å². The third-order valence-electron chi connectivity index (χ3n) is 4.48. The number of benzene rings is 1. The predicted octanol–water partition coefficient (Wildman–Crippen LogP) is 2.24. The molecule has 1 aliphatic rings. The minimum Gasteiger partial charge on any atom is -0.330 e. The molecule has 22 heavy (non-hydrogen) atoms. The summed E-state index contributed by atoms with van der Waals surface area (Å²) in [6.45, 7) is 6.72. The van der Waals surface area contributed by atoms with Crippen LogP contribution < -0.4 is 5.73 Å². The topological polar surface area (TPSA) is 47.1 Å². The second-order valence-electron chi connectivity index (χ2n) is 6.65. The van der Waals surface area contributed by atoms with Crippen LogP contribution in [0.4, 0.5) is 4.39 Å². The summed E-state index contributed by atoms with van der Waals surface area (Å²) < 4.78 is 14.8. The van der Waals surface area contributed by atoms with E-state index in [9.17, 15) is 4.39 Å². The summed E-state index contributed by atoms with van der Waals surface area (Å²) in [4.78, 5) is 2.44. The van der Waals surface area contributed by atoms with Gasteiger partial charge in [0.2, 0.25) is 0 Å². The van der Waals surface area contributed by atoms with Crippen molar-refractivity contribution < 1.29 is 4.39 Å². The van der Waals surface area contributed by atoms with Gasteiger partial charge in [0.1, 0.15) is 5.82 Å². The second-order valence-corrected chi connectivity index (χ2v) is 6.65. The predicted molar refractivity (Wildman–Crippen MR) is 84.8 cm³/mol. The van der Waals surface area contributed by atoms with E-state index >= 15 is 0 Å². The normalized spacial score (nSPS) is 22.3. The molecule has 1 aromatic carbocycles. The molecule has 1 aliphatic heterocycles. The molecule has 0 spiro atoms. The molecular weight excluding hydrogens is 279 g/mol. The Bertz CT molecular complexity index is 622. The van der Waals surface area contributed by atoms with Crippen LogP contribution in [0, 0.1) is 11.2 Å². The lowest BCUT2D eigenvalue weighted by Crippen LogP contribution is -2.31. The van der Waals surface area contributed by atoms with Crippen LogP contribution in [-0.2, 0) is 13.1 Å². The molecule has 2 heterocycles. The van der Waals surface area contributed by atoms with Crippen LogP contribution in [0.25, 0.3) is 0 Å². The summed E-state index contributed by atoms with van der Waals surface area (Å²) in [5.41, 5.74) is 8.37. The van der Waals surface area contributed by atoms with Gasteiger partial charge < -0.3 is 5.73 Å². The molecule has 1 fully saturated rings. The van der Waals surface area contributed by atoms with Gasteiger partial charge in [-0.25, -0.2) is 4.39 Å². The van der Waals surface area contributed by atoms with Crippen LogP contribution in [0.3, 0.4) is 0 Å². The lowest BCUT2D eigenvalue weighted by molar-refractivity contribution is 0.274. The second kappa shape index (κ2) is 6.18. The largest absolute Gasteiger partial charge is 0.330 e. The van der Waals surface area contributed by atoms with Crippen molar-refractivity contribution in [2.45, 2.75) is 26.4 Å². The van der Waals surface area contributed by atoms with E-state index in [-0.39, 0.29) is 11.2 Å². The maximum Gasteiger partial charge on any atom is 0.123 e. The summed E-state index contributed by atoms with van der Waals surface area (Å²) >= 11 is 0. The quantitative estimate of drug-likeness (QED) is 0.921. The Hall–Kier alpha value is -1.72. The first-order chi connectivity index (χ1) is 10.6. The molecule has 1 saturated heterocycles. The average molecular weight is 302 g/mol. The van der Waals surface area contributed by atoms with Gasteiger partial charge in [0, 0.05) is 24.8 Å². The van der Waals surface area contributed by atoms with Crippen molar-refractivity contribution in [2.75, 3.05) is 19.6 Å². The van der Waals surface area contributed by atoms with Gasteiger partial charge in [0.15, 0.2) is 0 Å². The number of halogens is 1. The highest BCUT2D eigenvalue weighted by atomic mass is 19.1. The Morgan fingerprint density at radius 1 is 1.23 bits per heavy atom. The monoisotopic (exact) mass is 302 g/mol. The van der Waals surface area contributed by atoms with Gasteiger partial charge in [-0.05, 0) is 42.6 Å². The lowest BCUT2D eigenvalue weighted by atomic mass is 9.90.